The zero-order chi connectivity index (χ0) is 10.9. The van der Waals surface area contributed by atoms with Gasteiger partial charge in [-0.2, -0.15) is 4.98 Å². The highest BCUT2D eigenvalue weighted by molar-refractivity contribution is 6.30. The molecule has 1 rings (SSSR count). The maximum Gasteiger partial charge on any atom is 0.574 e. The topological polar surface area (TPSA) is 42.4 Å². The van der Waals surface area contributed by atoms with Gasteiger partial charge in [-0.1, -0.05) is 11.6 Å². The average Bonchev–Trinajstić information content (AvgIpc) is 1.96. The fourth-order valence-electron chi connectivity index (χ4n) is 0.628. The smallest absolute Gasteiger partial charge is 0.503 e. The maximum absolute atomic E-state index is 12.6. The minimum Gasteiger partial charge on any atom is -0.503 e. The van der Waals surface area contributed by atoms with Crippen molar-refractivity contribution in [2.24, 2.45) is 0 Å². The fraction of sp³-hybridized carbons (Fsp3) is 0.167. The van der Waals surface area contributed by atoms with E-state index in [1.54, 1.807) is 0 Å². The van der Waals surface area contributed by atoms with E-state index in [1.807, 2.05) is 0 Å². The van der Waals surface area contributed by atoms with Gasteiger partial charge in [-0.15, -0.1) is 13.2 Å². The first-order valence-corrected chi connectivity index (χ1v) is 3.48. The monoisotopic (exact) mass is 231 g/mol. The quantitative estimate of drug-likeness (QED) is 0.596. The molecule has 0 aliphatic rings. The SMILES string of the molecule is Oc1c(F)cc(OC(F)(F)F)nc1Cl. The summed E-state index contributed by atoms with van der Waals surface area (Å²) in [6.45, 7) is 0. The zero-order valence-corrected chi connectivity index (χ0v) is 7.03. The highest BCUT2D eigenvalue weighted by Gasteiger charge is 2.32. The maximum atomic E-state index is 12.6. The number of ether oxygens (including phenoxy) is 1. The number of aromatic nitrogens is 1. The summed E-state index contributed by atoms with van der Waals surface area (Å²) < 4.78 is 50.7. The Balaban J connectivity index is 3.02. The van der Waals surface area contributed by atoms with E-state index in [1.165, 1.54) is 0 Å². The molecule has 0 aliphatic carbocycles. The summed E-state index contributed by atoms with van der Waals surface area (Å²) in [6, 6.07) is 0.273. The molecule has 0 radical (unpaired) electrons. The van der Waals surface area contributed by atoms with Gasteiger partial charge in [0.25, 0.3) is 0 Å². The van der Waals surface area contributed by atoms with E-state index in [0.717, 1.165) is 0 Å². The molecule has 0 unspecified atom stereocenters. The highest BCUT2D eigenvalue weighted by atomic mass is 35.5. The third-order valence-corrected chi connectivity index (χ3v) is 1.36. The van der Waals surface area contributed by atoms with Crippen LogP contribution in [0.4, 0.5) is 17.6 Å². The van der Waals surface area contributed by atoms with Gasteiger partial charge in [0.2, 0.25) is 5.88 Å². The molecular formula is C6H2ClF4NO2. The Bertz CT molecular complexity index is 331. The molecule has 0 atom stereocenters. The molecule has 3 nitrogen and oxygen atoms in total. The van der Waals surface area contributed by atoms with E-state index >= 15 is 0 Å². The molecule has 0 spiro atoms. The van der Waals surface area contributed by atoms with Crippen LogP contribution in [0, 0.1) is 5.82 Å². The van der Waals surface area contributed by atoms with Gasteiger partial charge in [-0.25, -0.2) is 4.39 Å². The molecule has 0 fully saturated rings. The molecule has 0 saturated heterocycles. The molecule has 78 valence electrons. The first-order valence-electron chi connectivity index (χ1n) is 3.10. The molecule has 1 aromatic rings. The van der Waals surface area contributed by atoms with Crippen molar-refractivity contribution in [3.8, 4) is 11.6 Å². The average molecular weight is 232 g/mol. The second kappa shape index (κ2) is 3.49. The second-order valence-corrected chi connectivity index (χ2v) is 2.49. The number of rotatable bonds is 1. The summed E-state index contributed by atoms with van der Waals surface area (Å²) in [5, 5.41) is 7.92. The van der Waals surface area contributed by atoms with E-state index in [-0.39, 0.29) is 6.07 Å². The second-order valence-electron chi connectivity index (χ2n) is 2.13. The molecule has 0 amide bonds. The molecule has 0 aromatic carbocycles. The predicted molar refractivity (Wildman–Crippen MR) is 37.6 cm³/mol. The van der Waals surface area contributed by atoms with Crippen LogP contribution in [0.1, 0.15) is 0 Å². The normalized spacial score (nSPS) is 11.5. The van der Waals surface area contributed by atoms with Gasteiger partial charge in [0.1, 0.15) is 0 Å². The van der Waals surface area contributed by atoms with Crippen LogP contribution in [0.25, 0.3) is 0 Å². The van der Waals surface area contributed by atoms with Crippen LogP contribution in [-0.4, -0.2) is 16.5 Å². The summed E-state index contributed by atoms with van der Waals surface area (Å²) in [5.41, 5.74) is 0. The lowest BCUT2D eigenvalue weighted by molar-refractivity contribution is -0.276. The molecule has 8 heteroatoms. The first-order chi connectivity index (χ1) is 6.29. The van der Waals surface area contributed by atoms with Crippen molar-refractivity contribution in [3.63, 3.8) is 0 Å². The highest BCUT2D eigenvalue weighted by Crippen LogP contribution is 2.29. The lowest BCUT2D eigenvalue weighted by atomic mass is 10.4. The third-order valence-electron chi connectivity index (χ3n) is 1.10. The number of nitrogens with zero attached hydrogens (tertiary/aromatic N) is 1. The number of aromatic hydroxyl groups is 1. The molecular weight excluding hydrogens is 230 g/mol. The van der Waals surface area contributed by atoms with Crippen LogP contribution in [0.2, 0.25) is 5.15 Å². The van der Waals surface area contributed by atoms with Crippen molar-refractivity contribution in [2.75, 3.05) is 0 Å². The minimum absolute atomic E-state index is 0.273. The summed E-state index contributed by atoms with van der Waals surface area (Å²) in [4.78, 5) is 2.95. The Morgan fingerprint density at radius 1 is 1.43 bits per heavy atom. The van der Waals surface area contributed by atoms with Crippen LogP contribution < -0.4 is 4.74 Å². The van der Waals surface area contributed by atoms with Crippen molar-refractivity contribution in [1.29, 1.82) is 0 Å². The summed E-state index contributed by atoms with van der Waals surface area (Å²) in [7, 11) is 0. The molecule has 1 aromatic heterocycles. The Morgan fingerprint density at radius 2 is 2.00 bits per heavy atom. The van der Waals surface area contributed by atoms with Gasteiger partial charge in [0.05, 0.1) is 0 Å². The fourth-order valence-corrected chi connectivity index (χ4v) is 0.802. The van der Waals surface area contributed by atoms with Gasteiger partial charge >= 0.3 is 6.36 Å². The van der Waals surface area contributed by atoms with Crippen molar-refractivity contribution >= 4 is 11.6 Å². The predicted octanol–water partition coefficient (Wildman–Crippen LogP) is 2.48. The standard InChI is InChI=1S/C6H2ClF4NO2/c7-5-4(13)2(8)1-3(12-5)14-6(9,10)11/h1,13H. The number of hydrogen-bond acceptors (Lipinski definition) is 3. The van der Waals surface area contributed by atoms with Crippen molar-refractivity contribution in [2.45, 2.75) is 6.36 Å². The van der Waals surface area contributed by atoms with Crippen LogP contribution in [0.3, 0.4) is 0 Å². The van der Waals surface area contributed by atoms with E-state index in [9.17, 15) is 17.6 Å². The van der Waals surface area contributed by atoms with E-state index in [0.29, 0.717) is 0 Å². The Morgan fingerprint density at radius 3 is 2.43 bits per heavy atom. The van der Waals surface area contributed by atoms with Gasteiger partial charge in [0, 0.05) is 6.07 Å². The minimum atomic E-state index is -4.99. The Labute approximate surface area is 79.9 Å². The molecule has 1 heterocycles. The van der Waals surface area contributed by atoms with Gasteiger partial charge < -0.3 is 9.84 Å². The number of halogens is 5. The van der Waals surface area contributed by atoms with Crippen molar-refractivity contribution in [1.82, 2.24) is 4.98 Å². The van der Waals surface area contributed by atoms with Crippen molar-refractivity contribution in [3.05, 3.63) is 17.0 Å². The van der Waals surface area contributed by atoms with Crippen LogP contribution in [0.15, 0.2) is 6.07 Å². The summed E-state index contributed by atoms with van der Waals surface area (Å²) >= 11 is 5.10. The number of hydrogen-bond donors (Lipinski definition) is 1. The lowest BCUT2D eigenvalue weighted by Gasteiger charge is -2.08. The molecule has 14 heavy (non-hydrogen) atoms. The van der Waals surface area contributed by atoms with Crippen LogP contribution in [-0.2, 0) is 0 Å². The Kier molecular flexibility index (Phi) is 2.70. The first kappa shape index (κ1) is 10.8. The van der Waals surface area contributed by atoms with E-state index < -0.39 is 29.0 Å². The molecule has 0 bridgehead atoms. The largest absolute Gasteiger partial charge is 0.574 e. The molecule has 0 saturated carbocycles. The van der Waals surface area contributed by atoms with Crippen LogP contribution in [0.5, 0.6) is 11.6 Å². The number of alkyl halides is 3. The molecule has 1 N–H and O–H groups in total. The summed E-state index contributed by atoms with van der Waals surface area (Å²) in [5.74, 6) is -3.44. The Hall–Kier alpha value is -1.24. The van der Waals surface area contributed by atoms with Gasteiger partial charge in [-0.3, -0.25) is 0 Å². The van der Waals surface area contributed by atoms with Gasteiger partial charge in [0.15, 0.2) is 16.7 Å². The zero-order valence-electron chi connectivity index (χ0n) is 6.27. The number of pyridine rings is 1. The molecule has 0 aliphatic heterocycles. The lowest BCUT2D eigenvalue weighted by Crippen LogP contribution is -2.18. The third kappa shape index (κ3) is 2.63. The van der Waals surface area contributed by atoms with Crippen molar-refractivity contribution < 1.29 is 27.4 Å². The van der Waals surface area contributed by atoms with E-state index in [4.69, 9.17) is 16.7 Å². The van der Waals surface area contributed by atoms with Gasteiger partial charge in [-0.05, 0) is 0 Å². The summed E-state index contributed by atoms with van der Waals surface area (Å²) in [6.07, 6.45) is -4.99. The van der Waals surface area contributed by atoms with E-state index in [2.05, 4.69) is 9.72 Å². The van der Waals surface area contributed by atoms with Crippen LogP contribution >= 0.6 is 11.6 Å².